The number of aromatic nitrogens is 4. The number of carbonyl (C=O) groups is 3. The van der Waals surface area contributed by atoms with E-state index in [0.717, 1.165) is 29.8 Å². The molecule has 0 aliphatic carbocycles. The lowest BCUT2D eigenvalue weighted by molar-refractivity contribution is -0.138. The largest absolute Gasteiger partial charge is 0.493 e. The SMILES string of the molecule is CC(O)(CN)c1cc2c(c(Cl)n1)OCC2(C)NS(=O)C(C)(C)C.COc1cc(C(=O)CCC(C)(O)c2cc3c(c(-c4ccc(C(F)(F)F)cc4)n2)OCC3(C)N)ccc1OCCO.COc1cc(C(=O)CCC(C)(O)c2cc3c(c(-c4ccc(C(F)(F)F)cc4)n2)OCC3(C)NS(=O)C(C)(C)C)ccc1OCCO.COc1cc(C(=O)CCC(C)(O)c2cc3c(c(Cl)n2)OCC3(C)NS(=O)C(C)(C)C)ccc1OCCO. The van der Waals surface area contributed by atoms with Gasteiger partial charge in [0.2, 0.25) is 0 Å². The molecule has 11 unspecified atom stereocenters. The van der Waals surface area contributed by atoms with Crippen LogP contribution in [0.5, 0.6) is 57.5 Å². The third-order valence-electron chi connectivity index (χ3n) is 24.5. The van der Waals surface area contributed by atoms with E-state index in [1.165, 1.54) is 71.6 Å². The number of nitrogens with one attached hydrogen (secondary N) is 3. The number of hydrogen-bond acceptors (Lipinski definition) is 29. The highest BCUT2D eigenvalue weighted by atomic mass is 35.5. The number of nitrogens with two attached hydrogens (primary N) is 2. The maximum Gasteiger partial charge on any atom is 0.416 e. The van der Waals surface area contributed by atoms with Crippen LogP contribution in [0.3, 0.4) is 0 Å². The Hall–Kier alpha value is -10.2. The molecule has 0 amide bonds. The summed E-state index contributed by atoms with van der Waals surface area (Å²) in [6.07, 6.45) is -9.08. The number of hydrogen-bond donors (Lipinski definition) is 12. The minimum atomic E-state index is -4.53. The second-order valence-electron chi connectivity index (χ2n) is 40.4. The van der Waals surface area contributed by atoms with Gasteiger partial charge in [-0.15, -0.1) is 0 Å². The predicted octanol–water partition coefficient (Wildman–Crippen LogP) is 15.5. The first-order chi connectivity index (χ1) is 67.8. The fourth-order valence-corrected chi connectivity index (χ4v) is 18.4. The van der Waals surface area contributed by atoms with Crippen LogP contribution in [0.1, 0.15) is 243 Å². The zero-order chi connectivity index (χ0) is 109. The number of fused-ring (bicyclic) bond motifs is 4. The number of aliphatic hydroxyl groups is 7. The number of benzene rings is 5. The molecule has 798 valence electrons. The lowest BCUT2D eigenvalue weighted by atomic mass is 9.88. The summed E-state index contributed by atoms with van der Waals surface area (Å²) >= 11 is 12.6. The first-order valence-corrected chi connectivity index (χ1v) is 50.7. The van der Waals surface area contributed by atoms with Gasteiger partial charge in [-0.1, -0.05) is 47.5 Å². The Kier molecular flexibility index (Phi) is 37.5. The molecule has 43 heteroatoms. The van der Waals surface area contributed by atoms with Crippen molar-refractivity contribution in [2.75, 3.05) is 93.9 Å². The lowest BCUT2D eigenvalue weighted by Gasteiger charge is -2.30. The molecule has 14 N–H and O–H groups in total. The molecule has 9 aromatic rings. The predicted molar refractivity (Wildman–Crippen MR) is 541 cm³/mol. The number of carbonyl (C=O) groups excluding carboxylic acids is 3. The number of nitrogens with zero attached hydrogens (tertiary/aromatic N) is 4. The summed E-state index contributed by atoms with van der Waals surface area (Å²) in [4.78, 5) is 56.9. The van der Waals surface area contributed by atoms with Crippen molar-refractivity contribution in [3.05, 3.63) is 211 Å². The van der Waals surface area contributed by atoms with E-state index in [9.17, 15) is 73.8 Å². The van der Waals surface area contributed by atoms with Gasteiger partial charge in [0.25, 0.3) is 0 Å². The van der Waals surface area contributed by atoms with Crippen molar-refractivity contribution in [1.82, 2.24) is 34.1 Å². The van der Waals surface area contributed by atoms with Gasteiger partial charge in [0.1, 0.15) is 80.0 Å². The molecule has 32 nitrogen and oxygen atoms in total. The molecule has 0 bridgehead atoms. The zero-order valence-corrected chi connectivity index (χ0v) is 89.0. The number of aliphatic hydroxyl groups excluding tert-OH is 3. The van der Waals surface area contributed by atoms with Gasteiger partial charge in [0.15, 0.2) is 85.2 Å². The Morgan fingerprint density at radius 1 is 0.397 bits per heavy atom. The second-order valence-corrected chi connectivity index (χ2v) is 47.0. The fourth-order valence-electron chi connectivity index (χ4n) is 15.3. The minimum absolute atomic E-state index is 0.00268. The average molecular weight is 2140 g/mol. The van der Waals surface area contributed by atoms with Crippen molar-refractivity contribution in [1.29, 1.82) is 0 Å². The third-order valence-corrected chi connectivity index (χ3v) is 30.2. The van der Waals surface area contributed by atoms with Crippen molar-refractivity contribution in [3.8, 4) is 80.0 Å². The van der Waals surface area contributed by atoms with E-state index in [4.69, 9.17) is 97.4 Å². The molecule has 146 heavy (non-hydrogen) atoms. The van der Waals surface area contributed by atoms with E-state index in [-0.39, 0.29) is 167 Å². The molecule has 0 saturated heterocycles. The standard InChI is InChI=1S/C33H39F3N2O7S.C29H31F3N2O6.C26H35ClN2O7S.C15H24ClN3O3S/c1-30(2,3)46(42)38-31(4)19-45-29-23(31)18-27(37-28(29)20-7-10-22(11-8-20)33(34,35)36)32(5,41)14-13-24(40)21-9-12-25(44-16-15-39)26(17-21)43-6;1-27(33)16-40-26-20(27)15-24(34-25(26)17-4-7-19(8-5-17)29(30,31)32)28(2,37)11-10-21(36)18-6-9-22(39-13-12-35)23(14-18)38-3;1-24(2,3)37(33)29-25(4)15-36-22-17(25)14-21(28-23(22)27)26(5,32)10-9-18(31)16-7-8-19(35-12-11-30)20(13-16)34-6;1-13(2,3)23(21)19-14(4)8-22-11-9(14)6-10(18-12(11)16)15(5,20)7-17/h7-12,17-18,38-39,41H,13-16,19H2,1-6H3;4-9,14-15,35,37H,10-13,16,33H2,1-3H3;7-8,13-14,29-30,32H,9-12,15H2,1-6H3;6,19-20H,7-8,17H2,1-5H3. The van der Waals surface area contributed by atoms with Crippen LogP contribution in [0.15, 0.2) is 127 Å². The summed E-state index contributed by atoms with van der Waals surface area (Å²) in [5, 5.41) is 72.0. The molecule has 4 aliphatic heterocycles. The van der Waals surface area contributed by atoms with Crippen LogP contribution in [-0.2, 0) is 89.9 Å². The number of alkyl halides is 6. The van der Waals surface area contributed by atoms with Gasteiger partial charge < -0.3 is 94.6 Å². The average Bonchev–Trinajstić information content (AvgIpc) is 1.60. The number of Topliss-reactive ketones (excluding diaryl/α,β-unsaturated/α-hetero) is 3. The lowest BCUT2D eigenvalue weighted by Crippen LogP contribution is -2.47. The molecule has 0 radical (unpaired) electrons. The maximum atomic E-state index is 13.3. The maximum absolute atomic E-state index is 13.3. The number of methoxy groups -OCH3 is 3. The summed E-state index contributed by atoms with van der Waals surface area (Å²) in [7, 11) is 0.140. The fraction of sp³-hybridized carbons (Fsp3) is 0.485. The Morgan fingerprint density at radius 3 is 0.945 bits per heavy atom. The number of rotatable bonds is 37. The molecule has 0 fully saturated rings. The monoisotopic (exact) mass is 2140 g/mol. The number of ether oxygens (including phenoxy) is 10. The number of pyridine rings is 4. The van der Waals surface area contributed by atoms with E-state index in [1.54, 1.807) is 94.4 Å². The van der Waals surface area contributed by atoms with Crippen molar-refractivity contribution in [3.63, 3.8) is 0 Å². The van der Waals surface area contributed by atoms with Gasteiger partial charge in [0, 0.05) is 75.9 Å². The van der Waals surface area contributed by atoms with Crippen molar-refractivity contribution in [2.45, 2.75) is 227 Å². The van der Waals surface area contributed by atoms with E-state index in [0.29, 0.717) is 108 Å². The normalized spacial score (nSPS) is 19.5. The molecular formula is C103H129Cl2F6N9O23S3. The smallest absolute Gasteiger partial charge is 0.416 e. The summed E-state index contributed by atoms with van der Waals surface area (Å²) in [5.41, 5.74) is 6.68. The van der Waals surface area contributed by atoms with Crippen LogP contribution in [0.25, 0.3) is 22.5 Å². The molecule has 8 heterocycles. The molecule has 13 rings (SSSR count). The highest BCUT2D eigenvalue weighted by Crippen LogP contribution is 2.51. The number of ketones is 3. The Balaban J connectivity index is 0.000000204. The van der Waals surface area contributed by atoms with Crippen LogP contribution in [0.4, 0.5) is 26.3 Å². The van der Waals surface area contributed by atoms with Crippen LogP contribution < -0.4 is 73.0 Å². The van der Waals surface area contributed by atoms with Crippen LogP contribution in [-0.4, -0.2) is 194 Å². The van der Waals surface area contributed by atoms with Crippen LogP contribution in [0.2, 0.25) is 10.3 Å². The van der Waals surface area contributed by atoms with Gasteiger partial charge in [-0.05, 0) is 240 Å². The first kappa shape index (κ1) is 118. The Labute approximate surface area is 862 Å². The molecular weight excluding hydrogens is 2010 g/mol. The molecule has 4 aliphatic rings. The van der Waals surface area contributed by atoms with Crippen LogP contribution in [0, 0.1) is 0 Å². The van der Waals surface area contributed by atoms with E-state index in [1.807, 2.05) is 76.2 Å². The number of halogens is 8. The third kappa shape index (κ3) is 28.3. The van der Waals surface area contributed by atoms with Gasteiger partial charge in [-0.25, -0.2) is 46.7 Å². The van der Waals surface area contributed by atoms with Gasteiger partial charge in [-0.3, -0.25) is 14.4 Å². The van der Waals surface area contributed by atoms with Gasteiger partial charge in [-0.2, -0.15) is 26.3 Å². The summed E-state index contributed by atoms with van der Waals surface area (Å²) in [6.45, 7) is 30.6. The summed E-state index contributed by atoms with van der Waals surface area (Å²) in [5.74, 6) is 2.91. The van der Waals surface area contributed by atoms with E-state index < -0.39 is 115 Å². The second kappa shape index (κ2) is 46.5. The Bertz CT molecular complexity index is 6280. The van der Waals surface area contributed by atoms with Gasteiger partial charge in [0.05, 0.1) is 144 Å². The van der Waals surface area contributed by atoms with Crippen LogP contribution >= 0.6 is 23.2 Å². The van der Waals surface area contributed by atoms with Crippen molar-refractivity contribution in [2.24, 2.45) is 11.5 Å². The molecule has 0 spiro atoms. The van der Waals surface area contributed by atoms with Gasteiger partial charge >= 0.3 is 12.4 Å². The first-order valence-electron chi connectivity index (χ1n) is 46.5. The summed E-state index contributed by atoms with van der Waals surface area (Å²) in [6, 6.07) is 29.7. The molecule has 5 aromatic carbocycles. The zero-order valence-electron chi connectivity index (χ0n) is 85.0. The summed E-state index contributed by atoms with van der Waals surface area (Å²) < 4.78 is 181. The van der Waals surface area contributed by atoms with Crippen molar-refractivity contribution < 1.29 is 136 Å². The minimum Gasteiger partial charge on any atom is -0.493 e. The molecule has 4 aromatic heterocycles. The van der Waals surface area contributed by atoms with Crippen molar-refractivity contribution >= 4 is 73.5 Å². The topological polar surface area (TPSA) is 476 Å². The van der Waals surface area contributed by atoms with E-state index in [2.05, 4.69) is 34.1 Å². The van der Waals surface area contributed by atoms with E-state index >= 15 is 0 Å². The molecule has 0 saturated carbocycles. The highest BCUT2D eigenvalue weighted by Gasteiger charge is 2.49. The molecule has 11 atom stereocenters. The highest BCUT2D eigenvalue weighted by molar-refractivity contribution is 7.85. The Morgan fingerprint density at radius 2 is 0.664 bits per heavy atom. The quantitative estimate of drug-likeness (QED) is 0.00977.